The van der Waals surface area contributed by atoms with Crippen LogP contribution in [0.1, 0.15) is 44.8 Å². The number of hydrogen-bond donors (Lipinski definition) is 0. The zero-order valence-electron chi connectivity index (χ0n) is 34.2. The van der Waals surface area contributed by atoms with Crippen molar-refractivity contribution < 1.29 is 0 Å². The van der Waals surface area contributed by atoms with Crippen molar-refractivity contribution >= 4 is 61.4 Å². The van der Waals surface area contributed by atoms with Crippen LogP contribution < -0.4 is 10.3 Å². The Labute approximate surface area is 357 Å². The Bertz CT molecular complexity index is 2900. The monoisotopic (exact) mass is 796 g/mol. The fourth-order valence-electron chi connectivity index (χ4n) is 8.68. The van der Waals surface area contributed by atoms with Crippen molar-refractivity contribution in [1.82, 2.24) is 4.57 Å². The molecule has 4 heteroatoms. The molecule has 5 aromatic rings. The van der Waals surface area contributed by atoms with E-state index in [1.165, 1.54) is 44.7 Å². The number of benzene rings is 3. The molecule has 3 aromatic carbocycles. The lowest BCUT2D eigenvalue weighted by atomic mass is 9.99. The molecule has 0 N–H and O–H groups in total. The molecule has 0 spiro atoms. The number of rotatable bonds is 9. The highest BCUT2D eigenvalue weighted by atomic mass is 32.1. The van der Waals surface area contributed by atoms with Gasteiger partial charge < -0.3 is 9.47 Å². The first-order chi connectivity index (χ1) is 29.5. The molecule has 0 bridgehead atoms. The van der Waals surface area contributed by atoms with Gasteiger partial charge >= 0.3 is 0 Å². The third kappa shape index (κ3) is 7.75. The molecule has 0 amide bonds. The van der Waals surface area contributed by atoms with Crippen molar-refractivity contribution in [3.8, 4) is 0 Å². The lowest BCUT2D eigenvalue weighted by Crippen LogP contribution is -2.40. The van der Waals surface area contributed by atoms with Crippen LogP contribution in [0, 0.1) is 13.8 Å². The van der Waals surface area contributed by atoms with Gasteiger partial charge in [0.2, 0.25) is 0 Å². The quantitative estimate of drug-likeness (QED) is 0.139. The predicted octanol–water partition coefficient (Wildman–Crippen LogP) is 13.6. The number of allylic oxidation sites excluding steroid dienone is 19. The molecular weight excluding hydrogens is 749 g/mol. The summed E-state index contributed by atoms with van der Waals surface area (Å²) in [5, 5.41) is 2.00. The molecule has 0 fully saturated rings. The SMILES string of the molecule is C=C/C(=C\c1sc2cc(C3=Cc4c(n(C5=CC=CCC=C5)c5ccccc45)CC=C3)ccc2c(=O)c1C)Cc1ccc(N(C2C=CC=CC=C2)C2C=CC=CC=C2)c(C)c1. The molecule has 2 heterocycles. The second-order valence-corrected chi connectivity index (χ2v) is 16.7. The number of nitrogens with zero attached hydrogens (tertiary/aromatic N) is 2. The number of aryl methyl sites for hydroxylation is 1. The number of anilines is 1. The van der Waals surface area contributed by atoms with E-state index < -0.39 is 0 Å². The Morgan fingerprint density at radius 1 is 0.817 bits per heavy atom. The van der Waals surface area contributed by atoms with Gasteiger partial charge in [-0.1, -0.05) is 152 Å². The highest BCUT2D eigenvalue weighted by Gasteiger charge is 2.23. The molecule has 0 radical (unpaired) electrons. The second kappa shape index (κ2) is 17.2. The first-order valence-electron chi connectivity index (χ1n) is 20.8. The second-order valence-electron chi connectivity index (χ2n) is 15.6. The van der Waals surface area contributed by atoms with Gasteiger partial charge in [0.15, 0.2) is 5.43 Å². The molecule has 0 saturated heterocycles. The number of hydrogen-bond acceptors (Lipinski definition) is 3. The smallest absolute Gasteiger partial charge is 0.191 e. The van der Waals surface area contributed by atoms with E-state index in [1.54, 1.807) is 11.3 Å². The lowest BCUT2D eigenvalue weighted by Gasteiger charge is -2.36. The summed E-state index contributed by atoms with van der Waals surface area (Å²) in [6.45, 7) is 8.37. The van der Waals surface area contributed by atoms with Gasteiger partial charge in [0.1, 0.15) is 0 Å². The number of aromatic nitrogens is 1. The molecule has 0 aliphatic heterocycles. The molecule has 2 aromatic heterocycles. The van der Waals surface area contributed by atoms with E-state index in [1.807, 2.05) is 19.1 Å². The third-order valence-corrected chi connectivity index (χ3v) is 12.9. The van der Waals surface area contributed by atoms with Crippen LogP contribution in [0.2, 0.25) is 0 Å². The summed E-state index contributed by atoms with van der Waals surface area (Å²) < 4.78 is 3.39. The fraction of sp³-hybridized carbons (Fsp3) is 0.125. The van der Waals surface area contributed by atoms with Gasteiger partial charge in [-0.2, -0.15) is 0 Å². The molecule has 294 valence electrons. The van der Waals surface area contributed by atoms with Crippen LogP contribution >= 0.6 is 11.3 Å². The maximum Gasteiger partial charge on any atom is 0.191 e. The Balaban J connectivity index is 1.04. The zero-order chi connectivity index (χ0) is 41.0. The van der Waals surface area contributed by atoms with Crippen LogP contribution in [-0.4, -0.2) is 16.7 Å². The van der Waals surface area contributed by atoms with Gasteiger partial charge in [0, 0.05) is 55.0 Å². The summed E-state index contributed by atoms with van der Waals surface area (Å²) in [4.78, 5) is 17.4. The van der Waals surface area contributed by atoms with E-state index in [4.69, 9.17) is 0 Å². The standard InChI is InChI=1S/C56H48N2OS/c1-4-41(35-42-30-33-51(39(2)34-42)57(45-21-11-5-6-12-22-45)46-23-13-7-8-14-24-46)36-54-40(3)56(59)49-32-31-44(38-55(49)60-54)43-20-19-29-53-50(37-43)48-27-17-18-28-52(48)58(53)47-25-15-9-10-16-26-47/h4-9,11-28,30-34,36-38,45-46H,1,10,29,35H2,2-3H3/b41-36+. The Hall–Kier alpha value is -6.75. The van der Waals surface area contributed by atoms with Crippen LogP contribution in [0.3, 0.4) is 0 Å². The van der Waals surface area contributed by atoms with Gasteiger partial charge in [0.05, 0.1) is 17.6 Å². The van der Waals surface area contributed by atoms with E-state index in [0.717, 1.165) is 50.1 Å². The molecule has 0 unspecified atom stereocenters. The van der Waals surface area contributed by atoms with E-state index >= 15 is 0 Å². The molecule has 3 nitrogen and oxygen atoms in total. The summed E-state index contributed by atoms with van der Waals surface area (Å²) in [6.07, 6.45) is 50.2. The highest BCUT2D eigenvalue weighted by Crippen LogP contribution is 2.37. The molecule has 0 saturated carbocycles. The summed E-state index contributed by atoms with van der Waals surface area (Å²) in [5.74, 6) is 0. The third-order valence-electron chi connectivity index (χ3n) is 11.7. The molecule has 9 rings (SSSR count). The minimum Gasteiger partial charge on any atom is -0.351 e. The Morgan fingerprint density at radius 2 is 1.57 bits per heavy atom. The van der Waals surface area contributed by atoms with Crippen LogP contribution in [0.5, 0.6) is 0 Å². The highest BCUT2D eigenvalue weighted by molar-refractivity contribution is 7.19. The van der Waals surface area contributed by atoms with Crippen molar-refractivity contribution in [3.63, 3.8) is 0 Å². The molecular formula is C56H48N2OS. The molecule has 4 aliphatic carbocycles. The summed E-state index contributed by atoms with van der Waals surface area (Å²) in [6, 6.07) is 22.0. The average molecular weight is 797 g/mol. The fourth-order valence-corrected chi connectivity index (χ4v) is 9.83. The van der Waals surface area contributed by atoms with Crippen molar-refractivity contribution in [2.45, 2.75) is 45.2 Å². The van der Waals surface area contributed by atoms with Crippen molar-refractivity contribution in [1.29, 1.82) is 0 Å². The number of para-hydroxylation sites is 1. The zero-order valence-corrected chi connectivity index (χ0v) is 35.0. The molecule has 0 atom stereocenters. The Kier molecular flexibility index (Phi) is 11.1. The molecule has 60 heavy (non-hydrogen) atoms. The normalized spacial score (nSPS) is 16.5. The maximum atomic E-state index is 13.9. The number of fused-ring (bicyclic) bond motifs is 4. The average Bonchev–Trinajstić information content (AvgIpc) is 3.78. The van der Waals surface area contributed by atoms with Crippen molar-refractivity contribution in [3.05, 3.63) is 243 Å². The van der Waals surface area contributed by atoms with Crippen LogP contribution in [0.25, 0.3) is 44.4 Å². The van der Waals surface area contributed by atoms with Crippen LogP contribution in [0.15, 0.2) is 199 Å². The van der Waals surface area contributed by atoms with Gasteiger partial charge in [0.25, 0.3) is 0 Å². The minimum atomic E-state index is 0.0772. The minimum absolute atomic E-state index is 0.0772. The van der Waals surface area contributed by atoms with Gasteiger partial charge in [-0.3, -0.25) is 4.79 Å². The summed E-state index contributed by atoms with van der Waals surface area (Å²) in [7, 11) is 0. The van der Waals surface area contributed by atoms with Gasteiger partial charge in [-0.15, -0.1) is 11.3 Å². The van der Waals surface area contributed by atoms with Crippen LogP contribution in [-0.2, 0) is 12.8 Å². The van der Waals surface area contributed by atoms with E-state index in [0.29, 0.717) is 6.42 Å². The first-order valence-corrected chi connectivity index (χ1v) is 21.6. The first kappa shape index (κ1) is 38.8. The van der Waals surface area contributed by atoms with E-state index in [9.17, 15) is 4.79 Å². The largest absolute Gasteiger partial charge is 0.351 e. The van der Waals surface area contributed by atoms with Gasteiger partial charge in [-0.25, -0.2) is 0 Å². The topological polar surface area (TPSA) is 25.2 Å². The van der Waals surface area contributed by atoms with E-state index in [-0.39, 0.29) is 17.5 Å². The Morgan fingerprint density at radius 3 is 2.30 bits per heavy atom. The summed E-state index contributed by atoms with van der Waals surface area (Å²) >= 11 is 1.68. The van der Waals surface area contributed by atoms with E-state index in [2.05, 4.69) is 205 Å². The molecule has 4 aliphatic rings. The summed E-state index contributed by atoms with van der Waals surface area (Å²) in [5.41, 5.74) is 12.7. The van der Waals surface area contributed by atoms with Crippen molar-refractivity contribution in [2.24, 2.45) is 0 Å². The predicted molar refractivity (Wildman–Crippen MR) is 261 cm³/mol. The maximum absolute atomic E-state index is 13.9. The van der Waals surface area contributed by atoms with Gasteiger partial charge in [-0.05, 0) is 103 Å². The lowest BCUT2D eigenvalue weighted by molar-refractivity contribution is 0.760. The van der Waals surface area contributed by atoms with Crippen molar-refractivity contribution in [2.75, 3.05) is 4.90 Å². The van der Waals surface area contributed by atoms with Crippen LogP contribution in [0.4, 0.5) is 5.69 Å².